The van der Waals surface area contributed by atoms with Crippen molar-refractivity contribution in [3.05, 3.63) is 64.7 Å². The molecule has 1 aliphatic rings. The molecule has 0 radical (unpaired) electrons. The Morgan fingerprint density at radius 2 is 1.86 bits per heavy atom. The van der Waals surface area contributed by atoms with E-state index in [1.54, 1.807) is 0 Å². The fourth-order valence-electron chi connectivity index (χ4n) is 3.46. The smallest absolute Gasteiger partial charge is 0.262 e. The van der Waals surface area contributed by atoms with Gasteiger partial charge in [-0.1, -0.05) is 28.6 Å². The van der Waals surface area contributed by atoms with E-state index in [0.717, 1.165) is 31.5 Å². The lowest BCUT2D eigenvalue weighted by Gasteiger charge is -2.28. The fourth-order valence-corrected chi connectivity index (χ4v) is 4.47. The Morgan fingerprint density at radius 3 is 2.48 bits per heavy atom. The maximum absolute atomic E-state index is 12.6. The first-order chi connectivity index (χ1) is 13.9. The van der Waals surface area contributed by atoms with Crippen molar-refractivity contribution >= 4 is 27.5 Å². The minimum absolute atomic E-state index is 0.0183. The third-order valence-corrected chi connectivity index (χ3v) is 6.40. The van der Waals surface area contributed by atoms with Crippen LogP contribution in [0.4, 0.5) is 0 Å². The molecule has 2 N–H and O–H groups in total. The minimum Gasteiger partial charge on any atom is -0.350 e. The van der Waals surface area contributed by atoms with Gasteiger partial charge in [0.15, 0.2) is 0 Å². The van der Waals surface area contributed by atoms with Crippen molar-refractivity contribution < 1.29 is 18.0 Å². The van der Waals surface area contributed by atoms with Gasteiger partial charge in [-0.3, -0.25) is 14.5 Å². The van der Waals surface area contributed by atoms with E-state index >= 15 is 0 Å². The molecular formula is C20H24ClN3O4S. The molecule has 1 heterocycles. The molecule has 1 aliphatic heterocycles. The number of likely N-dealkylation sites (tertiary alicyclic amines) is 1. The van der Waals surface area contributed by atoms with E-state index in [0.29, 0.717) is 17.1 Å². The second-order valence-electron chi connectivity index (χ2n) is 6.84. The van der Waals surface area contributed by atoms with Crippen molar-refractivity contribution in [2.75, 3.05) is 26.7 Å². The average Bonchev–Trinajstić information content (AvgIpc) is 3.23. The highest BCUT2D eigenvalue weighted by Crippen LogP contribution is 2.26. The predicted molar refractivity (Wildman–Crippen MR) is 111 cm³/mol. The van der Waals surface area contributed by atoms with Crippen molar-refractivity contribution in [3.63, 3.8) is 0 Å². The molecule has 156 valence electrons. The van der Waals surface area contributed by atoms with E-state index < -0.39 is 10.0 Å². The first-order valence-electron chi connectivity index (χ1n) is 9.33. The highest BCUT2D eigenvalue weighted by Gasteiger charge is 2.24. The second kappa shape index (κ2) is 9.69. The van der Waals surface area contributed by atoms with Gasteiger partial charge in [0.05, 0.1) is 18.0 Å². The van der Waals surface area contributed by atoms with Crippen LogP contribution >= 0.6 is 11.6 Å². The summed E-state index contributed by atoms with van der Waals surface area (Å²) >= 11 is 6.16. The molecule has 7 nitrogen and oxygen atoms in total. The summed E-state index contributed by atoms with van der Waals surface area (Å²) in [4.78, 5) is 21.4. The lowest BCUT2D eigenvalue weighted by atomic mass is 10.1. The molecule has 3 rings (SSSR count). The third kappa shape index (κ3) is 5.55. The fraction of sp³-hybridized carbons (Fsp3) is 0.350. The van der Waals surface area contributed by atoms with Crippen LogP contribution in [0.25, 0.3) is 0 Å². The van der Waals surface area contributed by atoms with Crippen LogP contribution in [-0.4, -0.2) is 46.0 Å². The van der Waals surface area contributed by atoms with E-state index in [9.17, 15) is 13.2 Å². The predicted octanol–water partition coefficient (Wildman–Crippen LogP) is 2.75. The number of carbonyl (C=O) groups is 1. The molecule has 0 spiro atoms. The number of hydrogen-bond donors (Lipinski definition) is 2. The third-order valence-electron chi connectivity index (χ3n) is 4.89. The summed E-state index contributed by atoms with van der Waals surface area (Å²) < 4.78 is 23.8. The van der Waals surface area contributed by atoms with Crippen LogP contribution < -0.4 is 10.2 Å². The summed E-state index contributed by atoms with van der Waals surface area (Å²) in [6, 6.07) is 13.4. The molecule has 29 heavy (non-hydrogen) atoms. The summed E-state index contributed by atoms with van der Waals surface area (Å²) in [5.41, 5.74) is 1.44. The Kier molecular flexibility index (Phi) is 7.26. The first kappa shape index (κ1) is 21.7. The van der Waals surface area contributed by atoms with Gasteiger partial charge in [-0.2, -0.15) is 0 Å². The van der Waals surface area contributed by atoms with Gasteiger partial charge in [0, 0.05) is 17.1 Å². The highest BCUT2D eigenvalue weighted by atomic mass is 35.5. The minimum atomic E-state index is -3.75. The number of sulfonamides is 1. The van der Waals surface area contributed by atoms with Crippen LogP contribution in [-0.2, 0) is 14.9 Å². The first-order valence-corrected chi connectivity index (χ1v) is 11.2. The molecule has 1 saturated heterocycles. The lowest BCUT2D eigenvalue weighted by Crippen LogP contribution is -2.36. The van der Waals surface area contributed by atoms with E-state index in [1.165, 1.54) is 31.4 Å². The van der Waals surface area contributed by atoms with E-state index in [1.807, 2.05) is 29.2 Å². The zero-order valence-electron chi connectivity index (χ0n) is 16.1. The molecular weight excluding hydrogens is 414 g/mol. The maximum Gasteiger partial charge on any atom is 0.262 e. The molecule has 0 saturated carbocycles. The normalized spacial score (nSPS) is 15.9. The van der Waals surface area contributed by atoms with Crippen molar-refractivity contribution in [3.8, 4) is 0 Å². The molecule has 2 aromatic carbocycles. The van der Waals surface area contributed by atoms with E-state index in [4.69, 9.17) is 11.6 Å². The van der Waals surface area contributed by atoms with Gasteiger partial charge in [-0.25, -0.2) is 8.42 Å². The number of hydrogen-bond acceptors (Lipinski definition) is 5. The molecule has 1 amide bonds. The number of rotatable bonds is 8. The monoisotopic (exact) mass is 437 g/mol. The molecule has 9 heteroatoms. The maximum atomic E-state index is 12.6. The Hall–Kier alpha value is -1.97. The number of amides is 1. The summed E-state index contributed by atoms with van der Waals surface area (Å²) in [5, 5.41) is 3.63. The van der Waals surface area contributed by atoms with Crippen LogP contribution in [0.1, 0.15) is 34.8 Å². The van der Waals surface area contributed by atoms with Gasteiger partial charge in [0.1, 0.15) is 0 Å². The number of carbonyl (C=O) groups excluding carboxylic acids is 1. The van der Waals surface area contributed by atoms with Crippen LogP contribution in [0.15, 0.2) is 53.4 Å². The average molecular weight is 438 g/mol. The van der Waals surface area contributed by atoms with E-state index in [2.05, 4.69) is 15.1 Å². The van der Waals surface area contributed by atoms with Gasteiger partial charge in [-0.15, -0.1) is 0 Å². The zero-order valence-corrected chi connectivity index (χ0v) is 17.7. The molecule has 0 aliphatic carbocycles. The molecule has 0 bridgehead atoms. The van der Waals surface area contributed by atoms with Crippen LogP contribution in [0.5, 0.6) is 0 Å². The van der Waals surface area contributed by atoms with Gasteiger partial charge >= 0.3 is 0 Å². The topological polar surface area (TPSA) is 87.7 Å². The zero-order chi connectivity index (χ0) is 20.9. The molecule has 0 aromatic heterocycles. The van der Waals surface area contributed by atoms with Crippen molar-refractivity contribution in [1.29, 1.82) is 0 Å². The summed E-state index contributed by atoms with van der Waals surface area (Å²) in [7, 11) is -2.53. The van der Waals surface area contributed by atoms with Crippen LogP contribution in [0.2, 0.25) is 5.02 Å². The van der Waals surface area contributed by atoms with Gasteiger partial charge < -0.3 is 5.32 Å². The molecule has 1 unspecified atom stereocenters. The quantitative estimate of drug-likeness (QED) is 0.620. The Bertz CT molecular complexity index is 944. The number of nitrogens with zero attached hydrogens (tertiary/aromatic N) is 1. The largest absolute Gasteiger partial charge is 0.350 e. The SMILES string of the molecule is CONS(=O)(=O)c1ccc(C(=O)NCC(c2cccc(Cl)c2)N2CCCC2)cc1. The van der Waals surface area contributed by atoms with Crippen molar-refractivity contribution in [1.82, 2.24) is 15.1 Å². The summed E-state index contributed by atoms with van der Waals surface area (Å²) in [6.45, 7) is 2.39. The molecule has 1 atom stereocenters. The highest BCUT2D eigenvalue weighted by molar-refractivity contribution is 7.89. The van der Waals surface area contributed by atoms with Gasteiger partial charge in [0.2, 0.25) is 0 Å². The number of nitrogens with one attached hydrogen (secondary N) is 2. The van der Waals surface area contributed by atoms with Crippen LogP contribution in [0.3, 0.4) is 0 Å². The summed E-state index contributed by atoms with van der Waals surface area (Å²) in [6.07, 6.45) is 2.27. The van der Waals surface area contributed by atoms with E-state index in [-0.39, 0.29) is 16.8 Å². The molecule has 2 aromatic rings. The van der Waals surface area contributed by atoms with Crippen molar-refractivity contribution in [2.45, 2.75) is 23.8 Å². The Labute approximate surface area is 176 Å². The standard InChI is InChI=1S/C20H24ClN3O4S/c1-28-23-29(26,27)18-9-7-15(8-10-18)20(25)22-14-19(24-11-2-3-12-24)16-5-4-6-17(21)13-16/h4-10,13,19,23H,2-3,11-12,14H2,1H3,(H,22,25). The molecule has 1 fully saturated rings. The lowest BCUT2D eigenvalue weighted by molar-refractivity contribution is 0.0938. The van der Waals surface area contributed by atoms with Crippen molar-refractivity contribution in [2.24, 2.45) is 0 Å². The Balaban J connectivity index is 1.70. The number of halogens is 1. The Morgan fingerprint density at radius 1 is 1.17 bits per heavy atom. The van der Waals surface area contributed by atoms with Gasteiger partial charge in [0.25, 0.3) is 15.9 Å². The number of benzene rings is 2. The van der Waals surface area contributed by atoms with Gasteiger partial charge in [-0.05, 0) is 67.9 Å². The van der Waals surface area contributed by atoms with Crippen LogP contribution in [0, 0.1) is 0 Å². The second-order valence-corrected chi connectivity index (χ2v) is 8.92. The summed E-state index contributed by atoms with van der Waals surface area (Å²) in [5.74, 6) is -0.264.